The predicted octanol–water partition coefficient (Wildman–Crippen LogP) is 6.42. The minimum absolute atomic E-state index is 0.259. The number of ether oxygens (including phenoxy) is 4. The van der Waals surface area contributed by atoms with Gasteiger partial charge in [0, 0.05) is 40.7 Å². The number of aryl methyl sites for hydroxylation is 2. The van der Waals surface area contributed by atoms with E-state index in [9.17, 15) is 8.78 Å². The third-order valence-electron chi connectivity index (χ3n) is 7.98. The molecule has 42 heavy (non-hydrogen) atoms. The molecule has 4 aromatic rings. The van der Waals surface area contributed by atoms with Crippen LogP contribution in [0.5, 0.6) is 23.0 Å². The van der Waals surface area contributed by atoms with Gasteiger partial charge in [0.2, 0.25) is 0 Å². The van der Waals surface area contributed by atoms with Crippen molar-refractivity contribution in [2.45, 2.75) is 38.9 Å². The number of hydrogen-bond acceptors (Lipinski definition) is 6. The van der Waals surface area contributed by atoms with Gasteiger partial charge in [-0.15, -0.1) is 0 Å². The Balaban J connectivity index is 1.17. The highest BCUT2D eigenvalue weighted by Gasteiger charge is 2.32. The second-order valence-corrected chi connectivity index (χ2v) is 11.1. The van der Waals surface area contributed by atoms with Crippen molar-refractivity contribution >= 4 is 0 Å². The summed E-state index contributed by atoms with van der Waals surface area (Å²) in [6, 6.07) is 17.6. The summed E-state index contributed by atoms with van der Waals surface area (Å²) in [5.74, 6) is 8.50. The summed E-state index contributed by atoms with van der Waals surface area (Å²) >= 11 is 0. The van der Waals surface area contributed by atoms with Crippen LogP contribution in [0.1, 0.15) is 22.3 Å². The fourth-order valence-electron chi connectivity index (χ4n) is 6.04. The maximum absolute atomic E-state index is 14.7. The second-order valence-electron chi connectivity index (χ2n) is 11.1. The molecule has 2 N–H and O–H groups in total. The second kappa shape index (κ2) is 11.3. The quantitative estimate of drug-likeness (QED) is 0.194. The molecule has 0 saturated carbocycles. The van der Waals surface area contributed by atoms with Gasteiger partial charge in [0.1, 0.15) is 46.8 Å². The van der Waals surface area contributed by atoms with E-state index >= 15 is 0 Å². The normalized spacial score (nSPS) is 17.0. The molecule has 218 valence electrons. The van der Waals surface area contributed by atoms with Crippen molar-refractivity contribution in [1.82, 2.24) is 5.01 Å². The fourth-order valence-corrected chi connectivity index (χ4v) is 6.04. The zero-order valence-electron chi connectivity index (χ0n) is 24.2. The molecule has 2 atom stereocenters. The molecule has 2 heterocycles. The van der Waals surface area contributed by atoms with Crippen molar-refractivity contribution in [3.63, 3.8) is 0 Å². The molecule has 6 nitrogen and oxygen atoms in total. The first-order valence-corrected chi connectivity index (χ1v) is 14.0. The van der Waals surface area contributed by atoms with Gasteiger partial charge in [-0.2, -0.15) is 0 Å². The van der Waals surface area contributed by atoms with Crippen LogP contribution < -0.4 is 24.8 Å². The van der Waals surface area contributed by atoms with Crippen molar-refractivity contribution in [1.29, 1.82) is 0 Å². The Hall–Kier alpha value is -4.14. The lowest BCUT2D eigenvalue weighted by Gasteiger charge is -2.23. The molecule has 2 unspecified atom stereocenters. The molecule has 0 spiro atoms. The van der Waals surface area contributed by atoms with Gasteiger partial charge in [0.05, 0.1) is 27.3 Å². The number of benzene rings is 4. The van der Waals surface area contributed by atoms with Gasteiger partial charge in [-0.05, 0) is 73.5 Å². The highest BCUT2D eigenvalue weighted by Crippen LogP contribution is 2.44. The Labute approximate surface area is 244 Å². The molecule has 0 aromatic heterocycles. The van der Waals surface area contributed by atoms with Gasteiger partial charge < -0.3 is 18.9 Å². The van der Waals surface area contributed by atoms with Gasteiger partial charge in [0.15, 0.2) is 0 Å². The van der Waals surface area contributed by atoms with E-state index in [2.05, 4.69) is 0 Å². The monoisotopic (exact) mass is 572 g/mol. The summed E-state index contributed by atoms with van der Waals surface area (Å²) in [7, 11) is 3.21. The lowest BCUT2D eigenvalue weighted by molar-refractivity contribution is 0.108. The molecule has 6 rings (SSSR count). The van der Waals surface area contributed by atoms with Crippen molar-refractivity contribution in [2.75, 3.05) is 27.3 Å². The number of hydrazine groups is 1. The average molecular weight is 573 g/mol. The highest BCUT2D eigenvalue weighted by molar-refractivity contribution is 5.79. The summed E-state index contributed by atoms with van der Waals surface area (Å²) in [6.07, 6.45) is 0.533. The molecular weight excluding hydrogens is 538 g/mol. The van der Waals surface area contributed by atoms with E-state index in [-0.39, 0.29) is 23.8 Å². The van der Waals surface area contributed by atoms with E-state index in [0.29, 0.717) is 60.1 Å². The van der Waals surface area contributed by atoms with Crippen LogP contribution in [0.2, 0.25) is 0 Å². The molecule has 0 radical (unpaired) electrons. The van der Waals surface area contributed by atoms with E-state index < -0.39 is 0 Å². The topological polar surface area (TPSA) is 66.2 Å². The minimum atomic E-state index is -0.326. The first kappa shape index (κ1) is 28.0. The Bertz CT molecular complexity index is 1660. The molecule has 4 aromatic carbocycles. The summed E-state index contributed by atoms with van der Waals surface area (Å²) in [6.45, 7) is 4.78. The molecule has 0 saturated heterocycles. The number of rotatable bonds is 8. The molecule has 0 bridgehead atoms. The van der Waals surface area contributed by atoms with E-state index in [0.717, 1.165) is 33.4 Å². The number of nitrogens with two attached hydrogens (primary N) is 1. The first-order chi connectivity index (χ1) is 20.2. The molecule has 0 aliphatic carbocycles. The van der Waals surface area contributed by atoms with Crippen molar-refractivity contribution in [2.24, 2.45) is 5.84 Å². The Kier molecular flexibility index (Phi) is 7.51. The van der Waals surface area contributed by atoms with Crippen LogP contribution in [-0.2, 0) is 12.8 Å². The summed E-state index contributed by atoms with van der Waals surface area (Å²) in [5, 5.41) is 1.67. The number of methoxy groups -OCH3 is 2. The summed E-state index contributed by atoms with van der Waals surface area (Å²) < 4.78 is 53.1. The average Bonchev–Trinajstić information content (AvgIpc) is 3.55. The Morgan fingerprint density at radius 1 is 0.738 bits per heavy atom. The van der Waals surface area contributed by atoms with Gasteiger partial charge in [-0.25, -0.2) is 13.8 Å². The van der Waals surface area contributed by atoms with Crippen molar-refractivity contribution < 1.29 is 27.7 Å². The highest BCUT2D eigenvalue weighted by atomic mass is 19.1. The standard InChI is InChI=1S/C34H34F2N2O4/c1-19-5-8-32(40-4)29(9-19)31-15-24(36)11-22-13-27(42-34(22)31)18-38(37)17-26-12-21-10-23(35)14-30(33(21)41-26)28-16-25(39-3)7-6-20(28)2/h5-11,14-16,26-27H,12-13,17-18,37H2,1-4H3. The van der Waals surface area contributed by atoms with Crippen LogP contribution in [0.3, 0.4) is 0 Å². The number of fused-ring (bicyclic) bond motifs is 2. The lowest BCUT2D eigenvalue weighted by atomic mass is 9.96. The summed E-state index contributed by atoms with van der Waals surface area (Å²) in [4.78, 5) is 0. The molecular formula is C34H34F2N2O4. The number of nitrogens with zero attached hydrogens (tertiary/aromatic N) is 1. The molecule has 8 heteroatoms. The van der Waals surface area contributed by atoms with E-state index in [1.807, 2.05) is 50.2 Å². The lowest BCUT2D eigenvalue weighted by Crippen LogP contribution is -2.45. The summed E-state index contributed by atoms with van der Waals surface area (Å²) in [5.41, 5.74) is 6.64. The van der Waals surface area contributed by atoms with Crippen LogP contribution in [0.4, 0.5) is 8.78 Å². The molecule has 0 fully saturated rings. The third-order valence-corrected chi connectivity index (χ3v) is 7.98. The molecule has 0 amide bonds. The van der Waals surface area contributed by atoms with Crippen molar-refractivity contribution in [3.05, 3.63) is 94.6 Å². The molecule has 2 aliphatic heterocycles. The maximum Gasteiger partial charge on any atom is 0.131 e. The van der Waals surface area contributed by atoms with Crippen LogP contribution in [0.15, 0.2) is 60.7 Å². The van der Waals surface area contributed by atoms with Crippen LogP contribution in [-0.4, -0.2) is 44.5 Å². The van der Waals surface area contributed by atoms with Crippen LogP contribution >= 0.6 is 0 Å². The minimum Gasteiger partial charge on any atom is -0.497 e. The first-order valence-electron chi connectivity index (χ1n) is 14.0. The fraction of sp³-hybridized carbons (Fsp3) is 0.294. The van der Waals surface area contributed by atoms with Gasteiger partial charge in [0.25, 0.3) is 0 Å². The number of halogens is 2. The van der Waals surface area contributed by atoms with E-state index in [1.54, 1.807) is 19.2 Å². The maximum atomic E-state index is 14.7. The van der Waals surface area contributed by atoms with Crippen LogP contribution in [0.25, 0.3) is 22.3 Å². The van der Waals surface area contributed by atoms with Gasteiger partial charge in [-0.3, -0.25) is 5.84 Å². The largest absolute Gasteiger partial charge is 0.497 e. The SMILES string of the molecule is COc1ccc(C)c(-c2cc(F)cc3c2OC(CN(N)CC2Cc4cc(F)cc(-c5cc(C)ccc5OC)c4O2)C3)c1. The number of hydrogen-bond donors (Lipinski definition) is 1. The predicted molar refractivity (Wildman–Crippen MR) is 158 cm³/mol. The van der Waals surface area contributed by atoms with Crippen molar-refractivity contribution in [3.8, 4) is 45.3 Å². The smallest absolute Gasteiger partial charge is 0.131 e. The third kappa shape index (κ3) is 5.40. The van der Waals surface area contributed by atoms with Gasteiger partial charge >= 0.3 is 0 Å². The Morgan fingerprint density at radius 3 is 1.90 bits per heavy atom. The molecule has 2 aliphatic rings. The van der Waals surface area contributed by atoms with E-state index in [4.69, 9.17) is 24.8 Å². The van der Waals surface area contributed by atoms with Crippen LogP contribution in [0, 0.1) is 25.5 Å². The Morgan fingerprint density at radius 2 is 1.33 bits per heavy atom. The van der Waals surface area contributed by atoms with E-state index in [1.165, 1.54) is 24.3 Å². The van der Waals surface area contributed by atoms with Gasteiger partial charge in [-0.1, -0.05) is 17.7 Å². The zero-order valence-corrected chi connectivity index (χ0v) is 24.2. The zero-order chi connectivity index (χ0) is 29.5.